The number of nitrogens with zero attached hydrogens (tertiary/aromatic N) is 3. The summed E-state index contributed by atoms with van der Waals surface area (Å²) in [5, 5.41) is 2.77. The van der Waals surface area contributed by atoms with Gasteiger partial charge < -0.3 is 15.8 Å². The molecule has 3 N–H and O–H groups in total. The molecule has 102 valence electrons. The Labute approximate surface area is 106 Å². The van der Waals surface area contributed by atoms with Crippen molar-refractivity contribution in [2.45, 2.75) is 13.8 Å². The molecular weight excluding hydrogens is 258 g/mol. The minimum absolute atomic E-state index is 0.0130. The Balaban J connectivity index is 2.62. The van der Waals surface area contributed by atoms with Crippen molar-refractivity contribution in [1.29, 1.82) is 0 Å². The Kier molecular flexibility index (Phi) is 5.08. The molecule has 18 heavy (non-hydrogen) atoms. The lowest BCUT2D eigenvalue weighted by molar-refractivity contribution is 0.312. The van der Waals surface area contributed by atoms with Gasteiger partial charge in [0.2, 0.25) is 11.9 Å². The molecule has 0 radical (unpaired) electrons. The fourth-order valence-electron chi connectivity index (χ4n) is 1.11. The Hall–Kier alpha value is -1.64. The summed E-state index contributed by atoms with van der Waals surface area (Å²) in [6.45, 7) is 4.02. The minimum Gasteiger partial charge on any atom is -0.464 e. The highest BCUT2D eigenvalue weighted by Crippen LogP contribution is 2.08. The maximum absolute atomic E-state index is 11.3. The van der Waals surface area contributed by atoms with E-state index < -0.39 is 9.84 Å². The largest absolute Gasteiger partial charge is 0.464 e. The van der Waals surface area contributed by atoms with Crippen LogP contribution in [0.5, 0.6) is 6.01 Å². The first-order valence-corrected chi connectivity index (χ1v) is 7.37. The van der Waals surface area contributed by atoms with E-state index in [4.69, 9.17) is 10.5 Å². The van der Waals surface area contributed by atoms with E-state index in [9.17, 15) is 8.42 Å². The van der Waals surface area contributed by atoms with Gasteiger partial charge in [-0.1, -0.05) is 6.92 Å². The minimum atomic E-state index is -3.02. The van der Waals surface area contributed by atoms with E-state index in [2.05, 4.69) is 20.3 Å². The fourth-order valence-corrected chi connectivity index (χ4v) is 1.81. The second kappa shape index (κ2) is 6.34. The van der Waals surface area contributed by atoms with Crippen LogP contribution >= 0.6 is 0 Å². The smallest absolute Gasteiger partial charge is 0.323 e. The van der Waals surface area contributed by atoms with Gasteiger partial charge in [-0.3, -0.25) is 0 Å². The molecule has 0 aliphatic heterocycles. The molecule has 9 heteroatoms. The maximum Gasteiger partial charge on any atom is 0.323 e. The quantitative estimate of drug-likeness (QED) is 0.695. The van der Waals surface area contributed by atoms with Crippen molar-refractivity contribution in [2.75, 3.05) is 35.7 Å². The van der Waals surface area contributed by atoms with E-state index >= 15 is 0 Å². The molecule has 8 nitrogen and oxygen atoms in total. The van der Waals surface area contributed by atoms with E-state index in [1.54, 1.807) is 13.8 Å². The number of sulfone groups is 1. The number of nitrogens with one attached hydrogen (secondary N) is 1. The molecule has 1 aromatic rings. The number of nitrogen functional groups attached to an aromatic ring is 1. The molecule has 0 unspecified atom stereocenters. The van der Waals surface area contributed by atoms with Crippen LogP contribution in [0.2, 0.25) is 0 Å². The van der Waals surface area contributed by atoms with Crippen LogP contribution in [-0.2, 0) is 9.84 Å². The van der Waals surface area contributed by atoms with Crippen LogP contribution in [0.4, 0.5) is 11.9 Å². The monoisotopic (exact) mass is 275 g/mol. The van der Waals surface area contributed by atoms with E-state index in [1.165, 1.54) is 0 Å². The van der Waals surface area contributed by atoms with Crippen molar-refractivity contribution in [3.8, 4) is 6.01 Å². The summed E-state index contributed by atoms with van der Waals surface area (Å²) in [4.78, 5) is 11.5. The van der Waals surface area contributed by atoms with Gasteiger partial charge in [0.25, 0.3) is 0 Å². The Bertz CT molecular complexity index is 491. The second-order valence-electron chi connectivity index (χ2n) is 3.40. The zero-order chi connectivity index (χ0) is 13.6. The summed E-state index contributed by atoms with van der Waals surface area (Å²) in [7, 11) is -3.02. The van der Waals surface area contributed by atoms with Gasteiger partial charge in [-0.15, -0.1) is 0 Å². The average Bonchev–Trinajstić information content (AvgIpc) is 2.28. The molecule has 0 amide bonds. The Morgan fingerprint density at radius 3 is 2.61 bits per heavy atom. The third-order valence-electron chi connectivity index (χ3n) is 2.04. The highest BCUT2D eigenvalue weighted by Gasteiger charge is 2.08. The van der Waals surface area contributed by atoms with E-state index in [0.29, 0.717) is 6.61 Å². The lowest BCUT2D eigenvalue weighted by Crippen LogP contribution is -2.18. The molecule has 0 aliphatic carbocycles. The van der Waals surface area contributed by atoms with Crippen LogP contribution in [0.3, 0.4) is 0 Å². The van der Waals surface area contributed by atoms with Crippen LogP contribution < -0.4 is 15.8 Å². The summed E-state index contributed by atoms with van der Waals surface area (Å²) in [6.07, 6.45) is 0. The molecule has 1 rings (SSSR count). The normalized spacial score (nSPS) is 11.2. The summed E-state index contributed by atoms with van der Waals surface area (Å²) in [6, 6.07) is 0.117. The molecule has 1 heterocycles. The predicted molar refractivity (Wildman–Crippen MR) is 68.2 cm³/mol. The van der Waals surface area contributed by atoms with Gasteiger partial charge in [0.05, 0.1) is 12.4 Å². The van der Waals surface area contributed by atoms with Crippen LogP contribution in [0.25, 0.3) is 0 Å². The van der Waals surface area contributed by atoms with E-state index in [0.717, 1.165) is 0 Å². The predicted octanol–water partition coefficient (Wildman–Crippen LogP) is -0.301. The van der Waals surface area contributed by atoms with Crippen LogP contribution in [0.15, 0.2) is 0 Å². The second-order valence-corrected chi connectivity index (χ2v) is 5.87. The van der Waals surface area contributed by atoms with Crippen LogP contribution in [0, 0.1) is 0 Å². The third kappa shape index (κ3) is 4.70. The highest BCUT2D eigenvalue weighted by atomic mass is 32.2. The van der Waals surface area contributed by atoms with Gasteiger partial charge in [0.15, 0.2) is 9.84 Å². The molecule has 1 aromatic heterocycles. The summed E-state index contributed by atoms with van der Waals surface area (Å²) < 4.78 is 27.7. The van der Waals surface area contributed by atoms with Gasteiger partial charge in [-0.05, 0) is 6.92 Å². The van der Waals surface area contributed by atoms with Crippen molar-refractivity contribution >= 4 is 21.7 Å². The lowest BCUT2D eigenvalue weighted by Gasteiger charge is -2.07. The van der Waals surface area contributed by atoms with Gasteiger partial charge >= 0.3 is 6.01 Å². The van der Waals surface area contributed by atoms with Gasteiger partial charge in [-0.2, -0.15) is 15.0 Å². The fraction of sp³-hybridized carbons (Fsp3) is 0.667. The van der Waals surface area contributed by atoms with Crippen LogP contribution in [0.1, 0.15) is 13.8 Å². The summed E-state index contributed by atoms with van der Waals surface area (Å²) in [5.74, 6) is 0.351. The third-order valence-corrected chi connectivity index (χ3v) is 3.75. The zero-order valence-corrected chi connectivity index (χ0v) is 11.2. The van der Waals surface area contributed by atoms with Crippen molar-refractivity contribution in [3.63, 3.8) is 0 Å². The Morgan fingerprint density at radius 2 is 2.00 bits per heavy atom. The summed E-state index contributed by atoms with van der Waals surface area (Å²) >= 11 is 0. The molecule has 0 spiro atoms. The lowest BCUT2D eigenvalue weighted by atomic mass is 10.7. The molecule has 0 fully saturated rings. The summed E-state index contributed by atoms with van der Waals surface area (Å²) in [5.41, 5.74) is 5.47. The highest BCUT2D eigenvalue weighted by molar-refractivity contribution is 7.91. The van der Waals surface area contributed by atoms with Gasteiger partial charge in [0.1, 0.15) is 0 Å². The molecule has 0 atom stereocenters. The topological polar surface area (TPSA) is 120 Å². The van der Waals surface area contributed by atoms with E-state index in [-0.39, 0.29) is 36.0 Å². The number of hydrogen-bond donors (Lipinski definition) is 2. The maximum atomic E-state index is 11.3. The molecule has 0 saturated carbocycles. The zero-order valence-electron chi connectivity index (χ0n) is 10.4. The Morgan fingerprint density at radius 1 is 1.28 bits per heavy atom. The molecular formula is C9H17N5O3S. The van der Waals surface area contributed by atoms with E-state index in [1.807, 2.05) is 0 Å². The van der Waals surface area contributed by atoms with Gasteiger partial charge in [-0.25, -0.2) is 8.42 Å². The number of aromatic nitrogens is 3. The number of rotatable bonds is 7. The van der Waals surface area contributed by atoms with Crippen molar-refractivity contribution in [3.05, 3.63) is 0 Å². The molecule has 0 aromatic carbocycles. The standard InChI is InChI=1S/C9H17N5O3S/c1-3-17-9-13-7(10)12-8(14-9)11-5-6-18(15,16)4-2/h3-6H2,1-2H3,(H3,10,11,12,13,14). The number of hydrogen-bond acceptors (Lipinski definition) is 8. The van der Waals surface area contributed by atoms with Crippen LogP contribution in [-0.4, -0.2) is 48.0 Å². The first-order chi connectivity index (χ1) is 8.46. The molecule has 0 bridgehead atoms. The van der Waals surface area contributed by atoms with Gasteiger partial charge in [0, 0.05) is 12.3 Å². The van der Waals surface area contributed by atoms with Crippen molar-refractivity contribution in [1.82, 2.24) is 15.0 Å². The molecule has 0 aliphatic rings. The first kappa shape index (κ1) is 14.4. The number of anilines is 2. The number of nitrogens with two attached hydrogens (primary N) is 1. The molecule has 0 saturated heterocycles. The van der Waals surface area contributed by atoms with Crippen molar-refractivity contribution in [2.24, 2.45) is 0 Å². The van der Waals surface area contributed by atoms with Crippen molar-refractivity contribution < 1.29 is 13.2 Å². The first-order valence-electron chi connectivity index (χ1n) is 5.55. The SMILES string of the molecule is CCOc1nc(N)nc(NCCS(=O)(=O)CC)n1. The average molecular weight is 275 g/mol. The number of ether oxygens (including phenoxy) is 1.